The number of aromatic nitrogens is 3. The molecular weight excluding hydrogens is 330 g/mol. The molecule has 130 valence electrons. The molecule has 0 saturated carbocycles. The Hall–Kier alpha value is -3.66. The lowest BCUT2D eigenvalue weighted by Crippen LogP contribution is -2.31. The predicted octanol–water partition coefficient (Wildman–Crippen LogP) is 2.24. The second-order valence-corrected chi connectivity index (χ2v) is 5.57. The molecule has 0 bridgehead atoms. The zero-order valence-corrected chi connectivity index (χ0v) is 13.9. The molecule has 1 aromatic heterocycles. The van der Waals surface area contributed by atoms with Crippen LogP contribution in [0.25, 0.3) is 0 Å². The molecule has 1 amide bonds. The lowest BCUT2D eigenvalue weighted by Gasteiger charge is -2.13. The Kier molecular flexibility index (Phi) is 5.58. The van der Waals surface area contributed by atoms with Crippen molar-refractivity contribution in [2.24, 2.45) is 0 Å². The van der Waals surface area contributed by atoms with Gasteiger partial charge in [0.1, 0.15) is 37.6 Å². The number of nitriles is 1. The second-order valence-electron chi connectivity index (χ2n) is 5.57. The van der Waals surface area contributed by atoms with E-state index in [1.165, 1.54) is 17.3 Å². The number of hydrogen-bond donors (Lipinski definition) is 1. The van der Waals surface area contributed by atoms with Gasteiger partial charge in [-0.25, -0.2) is 9.67 Å². The maximum atomic E-state index is 12.0. The molecule has 0 spiro atoms. The van der Waals surface area contributed by atoms with E-state index in [4.69, 9.17) is 4.74 Å². The minimum absolute atomic E-state index is 0.0104. The third kappa shape index (κ3) is 4.68. The van der Waals surface area contributed by atoms with Crippen molar-refractivity contribution in [2.75, 3.05) is 0 Å². The molecule has 1 heterocycles. The van der Waals surface area contributed by atoms with Gasteiger partial charge in [0.05, 0.1) is 6.07 Å². The SMILES string of the molecule is N#C[C@H](NC(=O)Cn1cncn1)c1ccc(OCc2ccccc2)cc1. The molecule has 0 saturated heterocycles. The normalized spacial score (nSPS) is 11.3. The summed E-state index contributed by atoms with van der Waals surface area (Å²) in [6.45, 7) is 0.479. The van der Waals surface area contributed by atoms with E-state index in [0.29, 0.717) is 17.9 Å². The number of rotatable bonds is 7. The zero-order valence-electron chi connectivity index (χ0n) is 13.9. The summed E-state index contributed by atoms with van der Waals surface area (Å²) in [5.41, 5.74) is 1.76. The van der Waals surface area contributed by atoms with E-state index in [-0.39, 0.29) is 12.5 Å². The lowest BCUT2D eigenvalue weighted by atomic mass is 10.1. The monoisotopic (exact) mass is 347 g/mol. The van der Waals surface area contributed by atoms with Crippen LogP contribution in [-0.4, -0.2) is 20.7 Å². The van der Waals surface area contributed by atoms with Gasteiger partial charge in [-0.15, -0.1) is 0 Å². The third-order valence-electron chi connectivity index (χ3n) is 3.67. The van der Waals surface area contributed by atoms with E-state index in [0.717, 1.165) is 5.56 Å². The highest BCUT2D eigenvalue weighted by molar-refractivity contribution is 5.76. The van der Waals surface area contributed by atoms with Gasteiger partial charge in [0.2, 0.25) is 5.91 Å². The van der Waals surface area contributed by atoms with Gasteiger partial charge in [0.25, 0.3) is 0 Å². The highest BCUT2D eigenvalue weighted by Crippen LogP contribution is 2.18. The van der Waals surface area contributed by atoms with E-state index in [2.05, 4.69) is 21.5 Å². The summed E-state index contributed by atoms with van der Waals surface area (Å²) >= 11 is 0. The molecule has 7 nitrogen and oxygen atoms in total. The molecule has 1 N–H and O–H groups in total. The van der Waals surface area contributed by atoms with E-state index in [1.54, 1.807) is 24.3 Å². The first kappa shape index (κ1) is 17.2. The Balaban J connectivity index is 1.57. The van der Waals surface area contributed by atoms with E-state index in [9.17, 15) is 10.1 Å². The van der Waals surface area contributed by atoms with Crippen LogP contribution in [-0.2, 0) is 17.9 Å². The average molecular weight is 347 g/mol. The Bertz CT molecular complexity index is 871. The predicted molar refractivity (Wildman–Crippen MR) is 93.7 cm³/mol. The summed E-state index contributed by atoms with van der Waals surface area (Å²) in [5, 5.41) is 15.9. The van der Waals surface area contributed by atoms with Gasteiger partial charge >= 0.3 is 0 Å². The molecular formula is C19H17N5O2. The fraction of sp³-hybridized carbons (Fsp3) is 0.158. The molecule has 0 aliphatic carbocycles. The molecule has 3 aromatic rings. The van der Waals surface area contributed by atoms with Crippen LogP contribution in [0.4, 0.5) is 0 Å². The molecule has 0 radical (unpaired) electrons. The van der Waals surface area contributed by atoms with Crippen LogP contribution < -0.4 is 10.1 Å². The Morgan fingerprint density at radius 2 is 1.96 bits per heavy atom. The highest BCUT2D eigenvalue weighted by Gasteiger charge is 2.14. The van der Waals surface area contributed by atoms with Crippen LogP contribution in [0.15, 0.2) is 67.3 Å². The van der Waals surface area contributed by atoms with Crippen molar-refractivity contribution in [1.29, 1.82) is 5.26 Å². The second kappa shape index (κ2) is 8.44. The molecule has 26 heavy (non-hydrogen) atoms. The van der Waals surface area contributed by atoms with Crippen LogP contribution in [0, 0.1) is 11.3 Å². The largest absolute Gasteiger partial charge is 0.489 e. The number of hydrogen-bond acceptors (Lipinski definition) is 5. The standard InChI is InChI=1S/C19H17N5O2/c20-10-18(23-19(25)11-24-14-21-13-22-24)16-6-8-17(9-7-16)26-12-15-4-2-1-3-5-15/h1-9,13-14,18H,11-12H2,(H,23,25)/t18-/m0/s1. The van der Waals surface area contributed by atoms with E-state index in [1.807, 2.05) is 30.3 Å². The molecule has 3 rings (SSSR count). The maximum Gasteiger partial charge on any atom is 0.243 e. The molecule has 0 fully saturated rings. The summed E-state index contributed by atoms with van der Waals surface area (Å²) in [6, 6.07) is 18.3. The van der Waals surface area contributed by atoms with Crippen LogP contribution in [0.2, 0.25) is 0 Å². The smallest absolute Gasteiger partial charge is 0.243 e. The molecule has 0 aliphatic heterocycles. The molecule has 7 heteroatoms. The van der Waals surface area contributed by atoms with Crippen molar-refractivity contribution in [3.63, 3.8) is 0 Å². The van der Waals surface area contributed by atoms with E-state index < -0.39 is 6.04 Å². The average Bonchev–Trinajstić information content (AvgIpc) is 3.19. The van der Waals surface area contributed by atoms with Gasteiger partial charge in [-0.05, 0) is 23.3 Å². The van der Waals surface area contributed by atoms with Gasteiger partial charge < -0.3 is 10.1 Å². The summed E-state index contributed by atoms with van der Waals surface area (Å²) in [4.78, 5) is 15.8. The summed E-state index contributed by atoms with van der Waals surface area (Å²) in [7, 11) is 0. The van der Waals surface area contributed by atoms with Gasteiger partial charge in [-0.1, -0.05) is 42.5 Å². The van der Waals surface area contributed by atoms with Gasteiger partial charge in [0, 0.05) is 0 Å². The van der Waals surface area contributed by atoms with Crippen LogP contribution in [0.1, 0.15) is 17.2 Å². The van der Waals surface area contributed by atoms with Gasteiger partial charge in [-0.2, -0.15) is 10.4 Å². The first-order chi connectivity index (χ1) is 12.7. The topological polar surface area (TPSA) is 92.8 Å². The summed E-state index contributed by atoms with van der Waals surface area (Å²) in [5.74, 6) is 0.384. The quantitative estimate of drug-likeness (QED) is 0.707. The minimum atomic E-state index is -0.741. The zero-order chi connectivity index (χ0) is 18.2. The third-order valence-corrected chi connectivity index (χ3v) is 3.67. The van der Waals surface area contributed by atoms with Crippen LogP contribution >= 0.6 is 0 Å². The number of nitrogens with zero attached hydrogens (tertiary/aromatic N) is 4. The summed E-state index contributed by atoms with van der Waals surface area (Å²) in [6.07, 6.45) is 2.79. The molecule has 1 atom stereocenters. The number of nitrogens with one attached hydrogen (secondary N) is 1. The fourth-order valence-electron chi connectivity index (χ4n) is 2.36. The maximum absolute atomic E-state index is 12.0. The van der Waals surface area contributed by atoms with Gasteiger partial charge in [0.15, 0.2) is 0 Å². The number of carbonyl (C=O) groups excluding carboxylic acids is 1. The fourth-order valence-corrected chi connectivity index (χ4v) is 2.36. The number of amides is 1. The Labute approximate surface area is 150 Å². The molecule has 2 aromatic carbocycles. The lowest BCUT2D eigenvalue weighted by molar-refractivity contribution is -0.122. The number of carbonyl (C=O) groups is 1. The van der Waals surface area contributed by atoms with Crippen LogP contribution in [0.5, 0.6) is 5.75 Å². The van der Waals surface area contributed by atoms with Crippen molar-refractivity contribution in [3.05, 3.63) is 78.4 Å². The number of benzene rings is 2. The molecule has 0 unspecified atom stereocenters. The number of ether oxygens (including phenoxy) is 1. The van der Waals surface area contributed by atoms with Crippen molar-refractivity contribution in [3.8, 4) is 11.8 Å². The Morgan fingerprint density at radius 3 is 2.62 bits per heavy atom. The van der Waals surface area contributed by atoms with Gasteiger partial charge in [-0.3, -0.25) is 4.79 Å². The summed E-state index contributed by atoms with van der Waals surface area (Å²) < 4.78 is 7.12. The molecule has 0 aliphatic rings. The highest BCUT2D eigenvalue weighted by atomic mass is 16.5. The van der Waals surface area contributed by atoms with Crippen molar-refractivity contribution in [1.82, 2.24) is 20.1 Å². The van der Waals surface area contributed by atoms with Crippen molar-refractivity contribution >= 4 is 5.91 Å². The van der Waals surface area contributed by atoms with E-state index >= 15 is 0 Å². The first-order valence-corrected chi connectivity index (χ1v) is 8.02. The van der Waals surface area contributed by atoms with Crippen molar-refractivity contribution in [2.45, 2.75) is 19.2 Å². The first-order valence-electron chi connectivity index (χ1n) is 8.02. The van der Waals surface area contributed by atoms with Crippen LogP contribution in [0.3, 0.4) is 0 Å². The van der Waals surface area contributed by atoms with Crippen molar-refractivity contribution < 1.29 is 9.53 Å². The Morgan fingerprint density at radius 1 is 1.19 bits per heavy atom. The minimum Gasteiger partial charge on any atom is -0.489 e.